The fraction of sp³-hybridized carbons (Fsp3) is 0.600. The number of nitrogens with two attached hydrogens (primary N) is 1. The van der Waals surface area contributed by atoms with Crippen LogP contribution in [0.5, 0.6) is 0 Å². The molecule has 0 aliphatic rings. The Labute approximate surface area is 122 Å². The van der Waals surface area contributed by atoms with Crippen molar-refractivity contribution in [2.75, 3.05) is 23.7 Å². The Morgan fingerprint density at radius 3 is 2.10 bits per heavy atom. The number of hydrogen-bond donors (Lipinski definition) is 1. The first-order valence-corrected chi connectivity index (χ1v) is 8.62. The van der Waals surface area contributed by atoms with E-state index < -0.39 is 14.6 Å². The third-order valence-corrected chi connectivity index (χ3v) is 6.07. The normalized spacial score (nSPS) is 12.4. The van der Waals surface area contributed by atoms with Gasteiger partial charge in [0, 0.05) is 25.3 Å². The molecule has 20 heavy (non-hydrogen) atoms. The van der Waals surface area contributed by atoms with Gasteiger partial charge in [0.05, 0.1) is 10.5 Å². The van der Waals surface area contributed by atoms with Crippen LogP contribution in [0, 0.1) is 0 Å². The monoisotopic (exact) mass is 298 g/mol. The first kappa shape index (κ1) is 17.0. The average Bonchev–Trinajstić information content (AvgIpc) is 2.38. The molecule has 0 bridgehead atoms. The Bertz CT molecular complexity index is 516. The van der Waals surface area contributed by atoms with E-state index in [1.165, 1.54) is 0 Å². The van der Waals surface area contributed by atoms with Crippen molar-refractivity contribution in [2.45, 2.75) is 39.0 Å². The minimum Gasteiger partial charge on any atom is -0.371 e. The van der Waals surface area contributed by atoms with Crippen LogP contribution in [0.4, 0.5) is 5.69 Å². The highest BCUT2D eigenvalue weighted by molar-refractivity contribution is 7.92. The van der Waals surface area contributed by atoms with Crippen LogP contribution in [0.25, 0.3) is 0 Å². The maximum atomic E-state index is 12.2. The standard InChI is InChI=1S/C15H26N2O2S/c1-5-17(10-11-20(18,19)15(2,3)4)14-8-6-13(12-16)7-9-14/h6-9H,5,10-12,16H2,1-4H3. The molecule has 0 radical (unpaired) electrons. The third kappa shape index (κ3) is 4.21. The van der Waals surface area contributed by atoms with Crippen LogP contribution in [0.3, 0.4) is 0 Å². The molecule has 0 unspecified atom stereocenters. The highest BCUT2D eigenvalue weighted by Gasteiger charge is 2.28. The van der Waals surface area contributed by atoms with E-state index in [4.69, 9.17) is 5.73 Å². The smallest absolute Gasteiger partial charge is 0.156 e. The second kappa shape index (κ2) is 6.59. The molecule has 0 aromatic heterocycles. The Kier molecular flexibility index (Phi) is 5.59. The van der Waals surface area contributed by atoms with Crippen molar-refractivity contribution in [1.29, 1.82) is 0 Å². The van der Waals surface area contributed by atoms with Gasteiger partial charge in [0.25, 0.3) is 0 Å². The van der Waals surface area contributed by atoms with Crippen molar-refractivity contribution in [3.63, 3.8) is 0 Å². The lowest BCUT2D eigenvalue weighted by atomic mass is 10.2. The lowest BCUT2D eigenvalue weighted by Gasteiger charge is -2.26. The van der Waals surface area contributed by atoms with E-state index in [9.17, 15) is 8.42 Å². The summed E-state index contributed by atoms with van der Waals surface area (Å²) >= 11 is 0. The molecule has 0 atom stereocenters. The summed E-state index contributed by atoms with van der Waals surface area (Å²) in [6, 6.07) is 7.96. The summed E-state index contributed by atoms with van der Waals surface area (Å²) in [5.74, 6) is 0.170. The first-order valence-electron chi connectivity index (χ1n) is 6.97. The topological polar surface area (TPSA) is 63.4 Å². The van der Waals surface area contributed by atoms with Gasteiger partial charge in [0.1, 0.15) is 0 Å². The van der Waals surface area contributed by atoms with Crippen molar-refractivity contribution in [1.82, 2.24) is 0 Å². The average molecular weight is 298 g/mol. The summed E-state index contributed by atoms with van der Waals surface area (Å²) < 4.78 is 23.6. The molecule has 1 aromatic carbocycles. The van der Waals surface area contributed by atoms with Gasteiger partial charge in [-0.15, -0.1) is 0 Å². The molecule has 1 aromatic rings. The summed E-state index contributed by atoms with van der Waals surface area (Å²) in [7, 11) is -3.09. The Morgan fingerprint density at radius 2 is 1.70 bits per heavy atom. The van der Waals surface area contributed by atoms with E-state index in [1.54, 1.807) is 20.8 Å². The molecular formula is C15H26N2O2S. The largest absolute Gasteiger partial charge is 0.371 e. The molecule has 5 heteroatoms. The Morgan fingerprint density at radius 1 is 1.15 bits per heavy atom. The third-order valence-electron chi connectivity index (χ3n) is 3.48. The molecule has 0 saturated heterocycles. The summed E-state index contributed by atoms with van der Waals surface area (Å²) in [4.78, 5) is 2.07. The highest BCUT2D eigenvalue weighted by atomic mass is 32.2. The van der Waals surface area contributed by atoms with E-state index in [2.05, 4.69) is 4.90 Å². The maximum absolute atomic E-state index is 12.2. The minimum atomic E-state index is -3.09. The fourth-order valence-electron chi connectivity index (χ4n) is 1.85. The van der Waals surface area contributed by atoms with Crippen LogP contribution in [-0.4, -0.2) is 32.0 Å². The van der Waals surface area contributed by atoms with E-state index in [0.29, 0.717) is 13.1 Å². The molecule has 1 rings (SSSR count). The van der Waals surface area contributed by atoms with Gasteiger partial charge < -0.3 is 10.6 Å². The van der Waals surface area contributed by atoms with Crippen molar-refractivity contribution in [3.05, 3.63) is 29.8 Å². The van der Waals surface area contributed by atoms with Crippen LogP contribution < -0.4 is 10.6 Å². The summed E-state index contributed by atoms with van der Waals surface area (Å²) in [5.41, 5.74) is 7.69. The minimum absolute atomic E-state index is 0.170. The van der Waals surface area contributed by atoms with Crippen LogP contribution in [-0.2, 0) is 16.4 Å². The van der Waals surface area contributed by atoms with Crippen molar-refractivity contribution in [3.8, 4) is 0 Å². The number of sulfone groups is 1. The van der Waals surface area contributed by atoms with Crippen molar-refractivity contribution < 1.29 is 8.42 Å². The van der Waals surface area contributed by atoms with Gasteiger partial charge in [-0.1, -0.05) is 12.1 Å². The van der Waals surface area contributed by atoms with Crippen LogP contribution in [0.1, 0.15) is 33.3 Å². The molecule has 4 nitrogen and oxygen atoms in total. The van der Waals surface area contributed by atoms with Crippen molar-refractivity contribution in [2.24, 2.45) is 5.73 Å². The Hall–Kier alpha value is -1.07. The van der Waals surface area contributed by atoms with Gasteiger partial charge in [0.15, 0.2) is 9.84 Å². The fourth-order valence-corrected chi connectivity index (χ4v) is 2.92. The molecule has 114 valence electrons. The van der Waals surface area contributed by atoms with Crippen LogP contribution in [0.2, 0.25) is 0 Å². The molecule has 2 N–H and O–H groups in total. The number of hydrogen-bond acceptors (Lipinski definition) is 4. The van der Waals surface area contributed by atoms with Gasteiger partial charge in [-0.2, -0.15) is 0 Å². The molecule has 0 heterocycles. The lowest BCUT2D eigenvalue weighted by molar-refractivity contribution is 0.559. The molecule has 0 aliphatic heterocycles. The molecular weight excluding hydrogens is 272 g/mol. The number of anilines is 1. The quantitative estimate of drug-likeness (QED) is 0.874. The highest BCUT2D eigenvalue weighted by Crippen LogP contribution is 2.19. The molecule has 0 aliphatic carbocycles. The predicted molar refractivity (Wildman–Crippen MR) is 85.8 cm³/mol. The summed E-state index contributed by atoms with van der Waals surface area (Å²) in [6.07, 6.45) is 0. The zero-order chi connectivity index (χ0) is 15.4. The van der Waals surface area contributed by atoms with E-state index >= 15 is 0 Å². The molecule has 0 amide bonds. The molecule has 0 fully saturated rings. The molecule has 0 spiro atoms. The van der Waals surface area contributed by atoms with Gasteiger partial charge in [-0.3, -0.25) is 0 Å². The molecule has 0 saturated carbocycles. The van der Waals surface area contributed by atoms with E-state index in [-0.39, 0.29) is 5.75 Å². The maximum Gasteiger partial charge on any atom is 0.156 e. The predicted octanol–water partition coefficient (Wildman–Crippen LogP) is 2.18. The van der Waals surface area contributed by atoms with E-state index in [1.807, 2.05) is 31.2 Å². The van der Waals surface area contributed by atoms with Crippen LogP contribution >= 0.6 is 0 Å². The van der Waals surface area contributed by atoms with Gasteiger partial charge in [0.2, 0.25) is 0 Å². The Balaban J connectivity index is 2.77. The summed E-state index contributed by atoms with van der Waals surface area (Å²) in [5, 5.41) is 0. The number of benzene rings is 1. The summed E-state index contributed by atoms with van der Waals surface area (Å²) in [6.45, 7) is 9.07. The zero-order valence-electron chi connectivity index (χ0n) is 12.9. The van der Waals surface area contributed by atoms with Crippen molar-refractivity contribution >= 4 is 15.5 Å². The van der Waals surface area contributed by atoms with Crippen LogP contribution in [0.15, 0.2) is 24.3 Å². The SMILES string of the molecule is CCN(CCS(=O)(=O)C(C)(C)C)c1ccc(CN)cc1. The number of nitrogens with zero attached hydrogens (tertiary/aromatic N) is 1. The zero-order valence-corrected chi connectivity index (χ0v) is 13.7. The number of rotatable bonds is 6. The van der Waals surface area contributed by atoms with E-state index in [0.717, 1.165) is 17.8 Å². The second-order valence-electron chi connectivity index (χ2n) is 5.88. The van der Waals surface area contributed by atoms with Gasteiger partial charge >= 0.3 is 0 Å². The first-order chi connectivity index (χ1) is 9.21. The lowest BCUT2D eigenvalue weighted by Crippen LogP contribution is -2.36. The van der Waals surface area contributed by atoms with Gasteiger partial charge in [-0.25, -0.2) is 8.42 Å². The second-order valence-corrected chi connectivity index (χ2v) is 8.74. The van der Waals surface area contributed by atoms with Gasteiger partial charge in [-0.05, 0) is 45.4 Å².